The van der Waals surface area contributed by atoms with Crippen molar-refractivity contribution >= 4 is 46.7 Å². The monoisotopic (exact) mass is 397 g/mol. The molecule has 2 heterocycles. The first kappa shape index (κ1) is 17.7. The molecule has 0 saturated heterocycles. The van der Waals surface area contributed by atoms with E-state index in [2.05, 4.69) is 25.5 Å². The Labute approximate surface area is 156 Å². The number of benzene rings is 1. The summed E-state index contributed by atoms with van der Waals surface area (Å²) in [5.74, 6) is -0.188. The fraction of sp³-hybridized carbons (Fsp3) is 0.0667. The Balaban J connectivity index is 1.60. The molecule has 0 atom stereocenters. The highest BCUT2D eigenvalue weighted by Crippen LogP contribution is 2.24. The normalized spacial score (nSPS) is 10.7. The minimum absolute atomic E-state index is 0.0369. The number of anilines is 1. The molecule has 0 radical (unpaired) electrons. The van der Waals surface area contributed by atoms with Crippen molar-refractivity contribution in [2.24, 2.45) is 0 Å². The minimum atomic E-state index is -0.406. The van der Waals surface area contributed by atoms with Crippen LogP contribution in [0, 0.1) is 5.82 Å². The van der Waals surface area contributed by atoms with E-state index in [1.807, 2.05) is 0 Å². The van der Waals surface area contributed by atoms with Gasteiger partial charge >= 0.3 is 0 Å². The van der Waals surface area contributed by atoms with Crippen molar-refractivity contribution in [1.29, 1.82) is 0 Å². The van der Waals surface area contributed by atoms with Gasteiger partial charge in [-0.05, 0) is 18.2 Å². The molecule has 0 spiro atoms. The third kappa shape index (κ3) is 4.47. The third-order valence-corrected chi connectivity index (χ3v) is 4.33. The van der Waals surface area contributed by atoms with Crippen LogP contribution in [-0.4, -0.2) is 31.8 Å². The molecule has 0 aliphatic rings. The lowest BCUT2D eigenvalue weighted by Crippen LogP contribution is -2.15. The Hall–Kier alpha value is -2.16. The van der Waals surface area contributed by atoms with Crippen LogP contribution in [0.1, 0.15) is 0 Å². The molecule has 1 aromatic carbocycles. The number of amides is 1. The second-order valence-corrected chi connectivity index (χ2v) is 6.55. The summed E-state index contributed by atoms with van der Waals surface area (Å²) in [6.07, 6.45) is 1.38. The van der Waals surface area contributed by atoms with Crippen LogP contribution in [0.4, 0.5) is 10.2 Å². The molecule has 0 saturated carbocycles. The van der Waals surface area contributed by atoms with Gasteiger partial charge in [0.05, 0.1) is 21.4 Å². The number of carbonyl (C=O) groups is 1. The zero-order valence-electron chi connectivity index (χ0n) is 12.5. The maximum Gasteiger partial charge on any atom is 0.236 e. The SMILES string of the molecule is O=C(CSc1n[nH]c(-c2ccccc2F)n1)Nc1ncc(Cl)cc1Cl. The molecule has 0 fully saturated rings. The van der Waals surface area contributed by atoms with Crippen molar-refractivity contribution in [1.82, 2.24) is 20.2 Å². The van der Waals surface area contributed by atoms with Gasteiger partial charge in [0.15, 0.2) is 11.6 Å². The van der Waals surface area contributed by atoms with E-state index in [0.717, 1.165) is 11.8 Å². The summed E-state index contributed by atoms with van der Waals surface area (Å²) in [4.78, 5) is 20.1. The van der Waals surface area contributed by atoms with Crippen molar-refractivity contribution < 1.29 is 9.18 Å². The lowest BCUT2D eigenvalue weighted by molar-refractivity contribution is -0.113. The van der Waals surface area contributed by atoms with E-state index in [9.17, 15) is 9.18 Å². The first-order valence-electron chi connectivity index (χ1n) is 6.94. The molecular formula is C15H10Cl2FN5OS. The zero-order chi connectivity index (χ0) is 17.8. The summed E-state index contributed by atoms with van der Waals surface area (Å²) in [5, 5.41) is 10.1. The number of hydrogen-bond acceptors (Lipinski definition) is 5. The summed E-state index contributed by atoms with van der Waals surface area (Å²) in [5.41, 5.74) is 0.309. The average molecular weight is 398 g/mol. The van der Waals surface area contributed by atoms with Gasteiger partial charge in [-0.25, -0.2) is 14.4 Å². The molecule has 2 aromatic heterocycles. The lowest BCUT2D eigenvalue weighted by Gasteiger charge is -2.05. The number of halogens is 3. The van der Waals surface area contributed by atoms with Gasteiger partial charge in [-0.1, -0.05) is 47.1 Å². The molecule has 6 nitrogen and oxygen atoms in total. The Morgan fingerprint density at radius 2 is 2.12 bits per heavy atom. The van der Waals surface area contributed by atoms with Crippen LogP contribution in [0.15, 0.2) is 41.7 Å². The second-order valence-electron chi connectivity index (χ2n) is 4.77. The minimum Gasteiger partial charge on any atom is -0.309 e. The van der Waals surface area contributed by atoms with Crippen molar-refractivity contribution in [3.8, 4) is 11.4 Å². The van der Waals surface area contributed by atoms with E-state index in [1.54, 1.807) is 18.2 Å². The summed E-state index contributed by atoms with van der Waals surface area (Å²) in [6, 6.07) is 7.69. The van der Waals surface area contributed by atoms with Gasteiger partial charge in [-0.3, -0.25) is 9.89 Å². The Bertz CT molecular complexity index is 920. The van der Waals surface area contributed by atoms with Crippen LogP contribution < -0.4 is 5.32 Å². The number of nitrogens with zero attached hydrogens (tertiary/aromatic N) is 3. The largest absolute Gasteiger partial charge is 0.309 e. The molecule has 3 rings (SSSR count). The molecule has 10 heteroatoms. The molecule has 0 bridgehead atoms. The fourth-order valence-electron chi connectivity index (χ4n) is 1.89. The number of thioether (sulfide) groups is 1. The number of carbonyl (C=O) groups excluding carboxylic acids is 1. The Morgan fingerprint density at radius 3 is 2.88 bits per heavy atom. The van der Waals surface area contributed by atoms with Gasteiger partial charge < -0.3 is 5.32 Å². The van der Waals surface area contributed by atoms with Gasteiger partial charge in [0.1, 0.15) is 5.82 Å². The molecule has 0 aliphatic carbocycles. The standard InChI is InChI=1S/C15H10Cl2FN5OS/c16-8-5-10(17)14(19-6-8)20-12(24)7-25-15-21-13(22-23-15)9-3-1-2-4-11(9)18/h1-6H,7H2,(H,19,20,24)(H,21,22,23). The van der Waals surface area contributed by atoms with Gasteiger partial charge in [0, 0.05) is 6.20 Å². The highest BCUT2D eigenvalue weighted by molar-refractivity contribution is 7.99. The first-order valence-corrected chi connectivity index (χ1v) is 8.68. The van der Waals surface area contributed by atoms with Crippen molar-refractivity contribution in [2.75, 3.05) is 11.1 Å². The number of nitrogens with one attached hydrogen (secondary N) is 2. The van der Waals surface area contributed by atoms with Crippen molar-refractivity contribution in [2.45, 2.75) is 5.16 Å². The average Bonchev–Trinajstić information content (AvgIpc) is 3.05. The molecule has 2 N–H and O–H groups in total. The predicted molar refractivity (Wildman–Crippen MR) is 95.4 cm³/mol. The first-order chi connectivity index (χ1) is 12.0. The van der Waals surface area contributed by atoms with Crippen molar-refractivity contribution in [3.05, 3.63) is 52.4 Å². The molecule has 3 aromatic rings. The third-order valence-electron chi connectivity index (χ3n) is 2.99. The number of hydrogen-bond donors (Lipinski definition) is 2. The van der Waals surface area contributed by atoms with Crippen LogP contribution in [0.5, 0.6) is 0 Å². The molecule has 1 amide bonds. The van der Waals surface area contributed by atoms with E-state index in [-0.39, 0.29) is 22.5 Å². The molecule has 128 valence electrons. The topological polar surface area (TPSA) is 83.6 Å². The Morgan fingerprint density at radius 1 is 1.32 bits per heavy atom. The number of aromatic amines is 1. The molecule has 25 heavy (non-hydrogen) atoms. The summed E-state index contributed by atoms with van der Waals surface area (Å²) in [7, 11) is 0. The number of rotatable bonds is 5. The van der Waals surface area contributed by atoms with E-state index in [4.69, 9.17) is 23.2 Å². The zero-order valence-corrected chi connectivity index (χ0v) is 14.8. The van der Waals surface area contributed by atoms with Crippen molar-refractivity contribution in [3.63, 3.8) is 0 Å². The van der Waals surface area contributed by atoms with Crippen LogP contribution >= 0.6 is 35.0 Å². The van der Waals surface area contributed by atoms with Gasteiger partial charge in [-0.2, -0.15) is 0 Å². The second kappa shape index (κ2) is 7.81. The van der Waals surface area contributed by atoms with E-state index in [0.29, 0.717) is 21.6 Å². The van der Waals surface area contributed by atoms with Gasteiger partial charge in [0.25, 0.3) is 0 Å². The van der Waals surface area contributed by atoms with E-state index in [1.165, 1.54) is 18.3 Å². The lowest BCUT2D eigenvalue weighted by atomic mass is 10.2. The van der Waals surface area contributed by atoms with E-state index < -0.39 is 5.82 Å². The molecule has 0 aliphatic heterocycles. The van der Waals surface area contributed by atoms with Gasteiger partial charge in [0.2, 0.25) is 11.1 Å². The molecule has 0 unspecified atom stereocenters. The maximum absolute atomic E-state index is 13.7. The van der Waals surface area contributed by atoms with Crippen LogP contribution in [-0.2, 0) is 4.79 Å². The smallest absolute Gasteiger partial charge is 0.236 e. The number of aromatic nitrogens is 4. The quantitative estimate of drug-likeness (QED) is 0.634. The van der Waals surface area contributed by atoms with Crippen LogP contribution in [0.2, 0.25) is 10.0 Å². The number of H-pyrrole nitrogens is 1. The summed E-state index contributed by atoms with van der Waals surface area (Å²) >= 11 is 12.8. The fourth-order valence-corrected chi connectivity index (χ4v) is 2.92. The predicted octanol–water partition coefficient (Wildman–Crippen LogP) is 4.04. The Kier molecular flexibility index (Phi) is 5.52. The highest BCUT2D eigenvalue weighted by atomic mass is 35.5. The maximum atomic E-state index is 13.7. The van der Waals surface area contributed by atoms with E-state index >= 15 is 0 Å². The molecular weight excluding hydrogens is 388 g/mol. The van der Waals surface area contributed by atoms with Crippen LogP contribution in [0.3, 0.4) is 0 Å². The summed E-state index contributed by atoms with van der Waals surface area (Å²) in [6.45, 7) is 0. The van der Waals surface area contributed by atoms with Gasteiger partial charge in [-0.15, -0.1) is 5.10 Å². The number of pyridine rings is 1. The summed E-state index contributed by atoms with van der Waals surface area (Å²) < 4.78 is 13.7. The highest BCUT2D eigenvalue weighted by Gasteiger charge is 2.13. The van der Waals surface area contributed by atoms with Crippen LogP contribution in [0.25, 0.3) is 11.4 Å².